The molecule has 1 atom stereocenters. The van der Waals surface area contributed by atoms with Gasteiger partial charge >= 0.3 is 0 Å². The van der Waals surface area contributed by atoms with Crippen LogP contribution in [0.5, 0.6) is 0 Å². The highest BCUT2D eigenvalue weighted by molar-refractivity contribution is 5.72. The second-order valence-electron chi connectivity index (χ2n) is 3.84. The second-order valence-corrected chi connectivity index (χ2v) is 3.84. The Balaban J connectivity index is 2.21. The first-order valence-electron chi connectivity index (χ1n) is 5.19. The molecule has 0 aliphatic carbocycles. The summed E-state index contributed by atoms with van der Waals surface area (Å²) in [4.78, 5) is 13.2. The summed E-state index contributed by atoms with van der Waals surface area (Å²) in [7, 11) is 0. The molecule has 1 heterocycles. The summed E-state index contributed by atoms with van der Waals surface area (Å²) in [6.07, 6.45) is 2.54. The maximum atomic E-state index is 10.7. The summed E-state index contributed by atoms with van der Waals surface area (Å²) in [6, 6.07) is 0. The van der Waals surface area contributed by atoms with E-state index in [0.717, 1.165) is 19.6 Å². The minimum Gasteiger partial charge on any atom is -0.356 e. The molecule has 1 saturated heterocycles. The number of likely N-dealkylation sites (tertiary alicyclic amines) is 1. The summed E-state index contributed by atoms with van der Waals surface area (Å²) in [5, 5.41) is 2.89. The molecule has 0 unspecified atom stereocenters. The molecule has 0 bridgehead atoms. The van der Waals surface area contributed by atoms with Gasteiger partial charge in [0.1, 0.15) is 0 Å². The molecule has 1 N–H and O–H groups in total. The van der Waals surface area contributed by atoms with Crippen molar-refractivity contribution in [2.24, 2.45) is 5.92 Å². The first-order chi connectivity index (χ1) is 6.22. The van der Waals surface area contributed by atoms with Crippen molar-refractivity contribution in [3.63, 3.8) is 0 Å². The summed E-state index contributed by atoms with van der Waals surface area (Å²) >= 11 is 0. The predicted octanol–water partition coefficient (Wildman–Crippen LogP) is 0.854. The van der Waals surface area contributed by atoms with Crippen LogP contribution in [0.15, 0.2) is 0 Å². The maximum absolute atomic E-state index is 10.7. The largest absolute Gasteiger partial charge is 0.356 e. The molecule has 0 saturated carbocycles. The molecule has 76 valence electrons. The van der Waals surface area contributed by atoms with Crippen LogP contribution in [0.25, 0.3) is 0 Å². The molecule has 3 nitrogen and oxygen atoms in total. The normalized spacial score (nSPS) is 24.3. The Morgan fingerprint density at radius 3 is 3.00 bits per heavy atom. The van der Waals surface area contributed by atoms with Crippen molar-refractivity contribution in [2.75, 3.05) is 26.2 Å². The number of rotatable bonds is 3. The Labute approximate surface area is 80.5 Å². The van der Waals surface area contributed by atoms with Crippen molar-refractivity contribution in [1.82, 2.24) is 10.2 Å². The van der Waals surface area contributed by atoms with Crippen LogP contribution in [-0.2, 0) is 4.79 Å². The standard InChI is InChI=1S/C10H20N2O/c1-3-12-6-4-5-10(8-12)7-11-9(2)13/h10H,3-8H2,1-2H3,(H,11,13)/t10-/m0/s1. The van der Waals surface area contributed by atoms with Gasteiger partial charge in [0.15, 0.2) is 0 Å². The van der Waals surface area contributed by atoms with Gasteiger partial charge in [0.2, 0.25) is 5.91 Å². The molecule has 0 radical (unpaired) electrons. The second kappa shape index (κ2) is 5.22. The van der Waals surface area contributed by atoms with Crippen LogP contribution in [0, 0.1) is 5.92 Å². The van der Waals surface area contributed by atoms with E-state index in [1.807, 2.05) is 0 Å². The highest BCUT2D eigenvalue weighted by atomic mass is 16.1. The fraction of sp³-hybridized carbons (Fsp3) is 0.900. The van der Waals surface area contributed by atoms with Gasteiger partial charge < -0.3 is 10.2 Å². The van der Waals surface area contributed by atoms with E-state index in [4.69, 9.17) is 0 Å². The number of carbonyl (C=O) groups is 1. The van der Waals surface area contributed by atoms with Crippen LogP contribution < -0.4 is 5.32 Å². The molecule has 3 heteroatoms. The average Bonchev–Trinajstić information content (AvgIpc) is 2.15. The Kier molecular flexibility index (Phi) is 4.22. The van der Waals surface area contributed by atoms with E-state index >= 15 is 0 Å². The minimum atomic E-state index is 0.0913. The zero-order chi connectivity index (χ0) is 9.68. The van der Waals surface area contributed by atoms with E-state index in [1.165, 1.54) is 19.4 Å². The minimum absolute atomic E-state index is 0.0913. The number of carbonyl (C=O) groups excluding carboxylic acids is 1. The molecule has 1 aliphatic heterocycles. The van der Waals surface area contributed by atoms with Gasteiger partial charge in [-0.25, -0.2) is 0 Å². The van der Waals surface area contributed by atoms with Crippen molar-refractivity contribution in [3.05, 3.63) is 0 Å². The van der Waals surface area contributed by atoms with Crippen molar-refractivity contribution < 1.29 is 4.79 Å². The maximum Gasteiger partial charge on any atom is 0.216 e. The topological polar surface area (TPSA) is 32.3 Å². The van der Waals surface area contributed by atoms with E-state index < -0.39 is 0 Å². The molecule has 1 rings (SSSR count). The molecular formula is C10H20N2O. The quantitative estimate of drug-likeness (QED) is 0.705. The highest BCUT2D eigenvalue weighted by Crippen LogP contribution is 2.14. The molecule has 1 fully saturated rings. The number of nitrogens with zero attached hydrogens (tertiary/aromatic N) is 1. The summed E-state index contributed by atoms with van der Waals surface area (Å²) in [5.74, 6) is 0.756. The van der Waals surface area contributed by atoms with Crippen LogP contribution in [-0.4, -0.2) is 37.0 Å². The average molecular weight is 184 g/mol. The van der Waals surface area contributed by atoms with E-state index in [0.29, 0.717) is 5.92 Å². The van der Waals surface area contributed by atoms with Gasteiger partial charge in [-0.05, 0) is 31.8 Å². The first kappa shape index (κ1) is 10.5. The van der Waals surface area contributed by atoms with Gasteiger partial charge in [0.05, 0.1) is 0 Å². The lowest BCUT2D eigenvalue weighted by atomic mass is 9.98. The van der Waals surface area contributed by atoms with Crippen molar-refractivity contribution in [2.45, 2.75) is 26.7 Å². The van der Waals surface area contributed by atoms with Gasteiger partial charge in [0, 0.05) is 20.0 Å². The fourth-order valence-electron chi connectivity index (χ4n) is 1.89. The van der Waals surface area contributed by atoms with Gasteiger partial charge in [0.25, 0.3) is 0 Å². The Bertz CT molecular complexity index is 170. The molecule has 0 aromatic rings. The molecule has 0 aromatic heterocycles. The lowest BCUT2D eigenvalue weighted by Gasteiger charge is -2.31. The number of piperidine rings is 1. The predicted molar refractivity (Wildman–Crippen MR) is 53.5 cm³/mol. The zero-order valence-corrected chi connectivity index (χ0v) is 8.68. The number of hydrogen-bond donors (Lipinski definition) is 1. The van der Waals surface area contributed by atoms with Crippen LogP contribution in [0.2, 0.25) is 0 Å². The van der Waals surface area contributed by atoms with Crippen LogP contribution in [0.4, 0.5) is 0 Å². The monoisotopic (exact) mass is 184 g/mol. The highest BCUT2D eigenvalue weighted by Gasteiger charge is 2.18. The van der Waals surface area contributed by atoms with Gasteiger partial charge in [-0.3, -0.25) is 4.79 Å². The molecule has 0 spiro atoms. The smallest absolute Gasteiger partial charge is 0.216 e. The Morgan fingerprint density at radius 1 is 1.62 bits per heavy atom. The SMILES string of the molecule is CCN1CCC[C@@H](CNC(C)=O)C1. The van der Waals surface area contributed by atoms with Crippen LogP contribution >= 0.6 is 0 Å². The summed E-state index contributed by atoms with van der Waals surface area (Å²) in [5.41, 5.74) is 0. The van der Waals surface area contributed by atoms with E-state index in [-0.39, 0.29) is 5.91 Å². The third-order valence-corrected chi connectivity index (χ3v) is 2.69. The van der Waals surface area contributed by atoms with Gasteiger partial charge in [-0.15, -0.1) is 0 Å². The van der Waals surface area contributed by atoms with E-state index in [9.17, 15) is 4.79 Å². The van der Waals surface area contributed by atoms with Crippen molar-refractivity contribution in [1.29, 1.82) is 0 Å². The van der Waals surface area contributed by atoms with E-state index in [2.05, 4.69) is 17.1 Å². The lowest BCUT2D eigenvalue weighted by Crippen LogP contribution is -2.40. The molecule has 1 amide bonds. The Morgan fingerprint density at radius 2 is 2.38 bits per heavy atom. The Hall–Kier alpha value is -0.570. The van der Waals surface area contributed by atoms with Crippen molar-refractivity contribution >= 4 is 5.91 Å². The van der Waals surface area contributed by atoms with Crippen LogP contribution in [0.1, 0.15) is 26.7 Å². The molecule has 0 aromatic carbocycles. The number of hydrogen-bond acceptors (Lipinski definition) is 2. The third-order valence-electron chi connectivity index (χ3n) is 2.69. The fourth-order valence-corrected chi connectivity index (χ4v) is 1.89. The molecule has 13 heavy (non-hydrogen) atoms. The zero-order valence-electron chi connectivity index (χ0n) is 8.68. The molecular weight excluding hydrogens is 164 g/mol. The summed E-state index contributed by atoms with van der Waals surface area (Å²) < 4.78 is 0. The van der Waals surface area contributed by atoms with Gasteiger partial charge in [-0.2, -0.15) is 0 Å². The van der Waals surface area contributed by atoms with E-state index in [1.54, 1.807) is 6.92 Å². The number of nitrogens with one attached hydrogen (secondary N) is 1. The lowest BCUT2D eigenvalue weighted by molar-refractivity contribution is -0.119. The number of amides is 1. The third kappa shape index (κ3) is 3.77. The summed E-state index contributed by atoms with van der Waals surface area (Å²) in [6.45, 7) is 8.15. The van der Waals surface area contributed by atoms with Crippen molar-refractivity contribution in [3.8, 4) is 0 Å². The first-order valence-corrected chi connectivity index (χ1v) is 5.19. The van der Waals surface area contributed by atoms with Crippen LogP contribution in [0.3, 0.4) is 0 Å². The van der Waals surface area contributed by atoms with Gasteiger partial charge in [-0.1, -0.05) is 6.92 Å². The molecule has 1 aliphatic rings.